The Hall–Kier alpha value is 0.610. The molecule has 0 bridgehead atoms. The molecule has 1 aromatic heterocycles. The summed E-state index contributed by atoms with van der Waals surface area (Å²) in [6.07, 6.45) is 0.391. The predicted octanol–water partition coefficient (Wildman–Crippen LogP) is -1.71. The van der Waals surface area contributed by atoms with Crippen LogP contribution < -0.4 is 29.6 Å². The Labute approximate surface area is 99.3 Å². The van der Waals surface area contributed by atoms with Gasteiger partial charge in [-0.25, -0.2) is 0 Å². The average Bonchev–Trinajstić information content (AvgIpc) is 2.32. The minimum absolute atomic E-state index is 0. The van der Waals surface area contributed by atoms with Gasteiger partial charge in [-0.2, -0.15) is 19.8 Å². The van der Waals surface area contributed by atoms with Gasteiger partial charge in [-0.3, -0.25) is 4.55 Å². The van der Waals surface area contributed by atoms with Crippen LogP contribution in [0, 0.1) is 0 Å². The van der Waals surface area contributed by atoms with E-state index in [9.17, 15) is 8.42 Å². The van der Waals surface area contributed by atoms with Crippen LogP contribution in [0.15, 0.2) is 16.8 Å². The molecule has 1 heterocycles. The SMILES string of the molecule is O=S(=O)(O)CCc1ccsc1.[H-].[Na+]. The van der Waals surface area contributed by atoms with Gasteiger partial charge in [-0.15, -0.1) is 0 Å². The maximum atomic E-state index is 10.3. The zero-order valence-corrected chi connectivity index (χ0v) is 10.4. The Kier molecular flexibility index (Phi) is 5.64. The van der Waals surface area contributed by atoms with E-state index in [1.54, 1.807) is 0 Å². The number of hydrogen-bond acceptors (Lipinski definition) is 3. The molecule has 0 saturated heterocycles. The van der Waals surface area contributed by atoms with Crippen molar-refractivity contribution in [2.24, 2.45) is 0 Å². The van der Waals surface area contributed by atoms with Gasteiger partial charge in [-0.05, 0) is 28.8 Å². The summed E-state index contributed by atoms with van der Waals surface area (Å²) in [5.41, 5.74) is 0.952. The molecular weight excluding hydrogens is 207 g/mol. The molecule has 0 saturated carbocycles. The van der Waals surface area contributed by atoms with Gasteiger partial charge in [0.15, 0.2) is 0 Å². The molecule has 0 aliphatic rings. The van der Waals surface area contributed by atoms with Crippen LogP contribution >= 0.6 is 11.3 Å². The first-order valence-corrected chi connectivity index (χ1v) is 5.59. The summed E-state index contributed by atoms with van der Waals surface area (Å²) in [5, 5.41) is 3.74. The third-order valence-electron chi connectivity index (χ3n) is 1.23. The predicted molar refractivity (Wildman–Crippen MR) is 45.6 cm³/mol. The van der Waals surface area contributed by atoms with Crippen molar-refractivity contribution in [1.82, 2.24) is 0 Å². The van der Waals surface area contributed by atoms with Gasteiger partial charge in [0.05, 0.1) is 5.75 Å². The van der Waals surface area contributed by atoms with E-state index in [4.69, 9.17) is 4.55 Å². The number of aryl methyl sites for hydroxylation is 1. The quantitative estimate of drug-likeness (QED) is 0.484. The van der Waals surface area contributed by atoms with Crippen molar-refractivity contribution < 1.29 is 44.0 Å². The first-order chi connectivity index (χ1) is 5.08. The Bertz CT molecular complexity index is 309. The molecule has 0 amide bonds. The van der Waals surface area contributed by atoms with Crippen molar-refractivity contribution >= 4 is 21.5 Å². The molecule has 0 atom stereocenters. The van der Waals surface area contributed by atoms with Gasteiger partial charge in [0.25, 0.3) is 10.1 Å². The van der Waals surface area contributed by atoms with Crippen molar-refractivity contribution in [2.45, 2.75) is 6.42 Å². The van der Waals surface area contributed by atoms with E-state index in [1.165, 1.54) is 11.3 Å². The molecule has 6 heteroatoms. The summed E-state index contributed by atoms with van der Waals surface area (Å²) < 4.78 is 29.0. The van der Waals surface area contributed by atoms with Gasteiger partial charge in [0, 0.05) is 0 Å². The van der Waals surface area contributed by atoms with Gasteiger partial charge in [0.1, 0.15) is 0 Å². The maximum absolute atomic E-state index is 10.3. The summed E-state index contributed by atoms with van der Waals surface area (Å²) in [7, 11) is -3.80. The Balaban J connectivity index is 0. The summed E-state index contributed by atoms with van der Waals surface area (Å²) in [6, 6.07) is 1.84. The number of rotatable bonds is 3. The van der Waals surface area contributed by atoms with E-state index in [2.05, 4.69) is 0 Å². The van der Waals surface area contributed by atoms with Gasteiger partial charge in [0.2, 0.25) is 0 Å². The molecule has 0 radical (unpaired) electrons. The Morgan fingerprint density at radius 2 is 2.25 bits per heavy atom. The number of thiophene rings is 1. The van der Waals surface area contributed by atoms with Crippen LogP contribution in [-0.4, -0.2) is 18.7 Å². The van der Waals surface area contributed by atoms with Crippen LogP contribution in [0.25, 0.3) is 0 Å². The second-order valence-corrected chi connectivity index (χ2v) is 4.52. The molecule has 0 aromatic carbocycles. The molecule has 0 unspecified atom stereocenters. The van der Waals surface area contributed by atoms with Gasteiger partial charge in [-0.1, -0.05) is 0 Å². The fraction of sp³-hybridized carbons (Fsp3) is 0.333. The van der Waals surface area contributed by atoms with E-state index in [0.29, 0.717) is 6.42 Å². The third-order valence-corrected chi connectivity index (χ3v) is 2.68. The molecule has 0 fully saturated rings. The molecular formula is C6H9NaO3S2. The van der Waals surface area contributed by atoms with Crippen LogP contribution in [0.3, 0.4) is 0 Å². The number of hydrogen-bond donors (Lipinski definition) is 1. The first kappa shape index (κ1) is 12.6. The molecule has 1 aromatic rings. The van der Waals surface area contributed by atoms with Crippen molar-refractivity contribution in [2.75, 3.05) is 5.75 Å². The molecule has 1 N–H and O–H groups in total. The standard InChI is InChI=1S/C6H8O3S2.Na.H/c7-11(8,9)4-2-6-1-3-10-5-6;;/h1,3,5H,2,4H2,(H,7,8,9);;/q;+1;-1. The molecule has 64 valence electrons. The monoisotopic (exact) mass is 216 g/mol. The van der Waals surface area contributed by atoms with E-state index >= 15 is 0 Å². The molecule has 0 aliphatic heterocycles. The first-order valence-electron chi connectivity index (χ1n) is 3.04. The van der Waals surface area contributed by atoms with E-state index in [0.717, 1.165) is 5.56 Å². The zero-order valence-electron chi connectivity index (χ0n) is 7.73. The summed E-state index contributed by atoms with van der Waals surface area (Å²) in [4.78, 5) is 0. The molecule has 0 spiro atoms. The average molecular weight is 216 g/mol. The van der Waals surface area contributed by atoms with Crippen LogP contribution in [0.5, 0.6) is 0 Å². The van der Waals surface area contributed by atoms with Crippen LogP contribution in [0.2, 0.25) is 0 Å². The van der Waals surface area contributed by atoms with E-state index in [-0.39, 0.29) is 36.7 Å². The zero-order chi connectivity index (χ0) is 8.32. The van der Waals surface area contributed by atoms with Crippen molar-refractivity contribution in [1.29, 1.82) is 0 Å². The molecule has 3 nitrogen and oxygen atoms in total. The summed E-state index contributed by atoms with van der Waals surface area (Å²) in [6.45, 7) is 0. The summed E-state index contributed by atoms with van der Waals surface area (Å²) >= 11 is 1.51. The van der Waals surface area contributed by atoms with Crippen LogP contribution in [-0.2, 0) is 16.5 Å². The Morgan fingerprint density at radius 3 is 2.67 bits per heavy atom. The normalized spacial score (nSPS) is 10.8. The second-order valence-electron chi connectivity index (χ2n) is 2.17. The van der Waals surface area contributed by atoms with Crippen LogP contribution in [0.1, 0.15) is 6.99 Å². The molecule has 1 rings (SSSR count). The largest absolute Gasteiger partial charge is 1.00 e. The Morgan fingerprint density at radius 1 is 1.58 bits per heavy atom. The van der Waals surface area contributed by atoms with Crippen molar-refractivity contribution in [3.05, 3.63) is 22.4 Å². The summed E-state index contributed by atoms with van der Waals surface area (Å²) in [5.74, 6) is -0.191. The van der Waals surface area contributed by atoms with Crippen molar-refractivity contribution in [3.63, 3.8) is 0 Å². The van der Waals surface area contributed by atoms with E-state index < -0.39 is 10.1 Å². The molecule has 0 aliphatic carbocycles. The third kappa shape index (κ3) is 5.29. The smallest absolute Gasteiger partial charge is 1.00 e. The van der Waals surface area contributed by atoms with Crippen molar-refractivity contribution in [3.8, 4) is 0 Å². The topological polar surface area (TPSA) is 54.4 Å². The van der Waals surface area contributed by atoms with Gasteiger partial charge >= 0.3 is 29.6 Å². The minimum Gasteiger partial charge on any atom is -1.00 e. The van der Waals surface area contributed by atoms with Crippen LogP contribution in [0.4, 0.5) is 0 Å². The second kappa shape index (κ2) is 5.36. The fourth-order valence-corrected chi connectivity index (χ4v) is 1.88. The maximum Gasteiger partial charge on any atom is 1.00 e. The fourth-order valence-electron chi connectivity index (χ4n) is 0.682. The molecule has 12 heavy (non-hydrogen) atoms. The van der Waals surface area contributed by atoms with E-state index in [1.807, 2.05) is 16.8 Å². The van der Waals surface area contributed by atoms with Gasteiger partial charge < -0.3 is 1.43 Å². The minimum atomic E-state index is -3.80.